The normalized spacial score (nSPS) is 46.3. The van der Waals surface area contributed by atoms with E-state index in [0.29, 0.717) is 29.7 Å². The number of hydrogen-bond donors (Lipinski definition) is 2. The molecular weight excluding hydrogens is 434 g/mol. The highest BCUT2D eigenvalue weighted by Crippen LogP contribution is 2.67. The van der Waals surface area contributed by atoms with Crippen molar-refractivity contribution in [3.8, 4) is 0 Å². The third kappa shape index (κ3) is 4.43. The van der Waals surface area contributed by atoms with E-state index in [1.54, 1.807) is 5.57 Å². The molecule has 2 unspecified atom stereocenters. The van der Waals surface area contributed by atoms with Crippen LogP contribution < -0.4 is 0 Å². The SMILES string of the molecule is CCC1(O)CCCN(C(=O)CCC(C)[C@H]2CC[C@H]3[C@@H]4CC=C5C[C@@H](O)CC[C@]5(C)[C@H]4CC[C@]23C)C1. The summed E-state index contributed by atoms with van der Waals surface area (Å²) in [5.74, 6) is 3.96. The summed E-state index contributed by atoms with van der Waals surface area (Å²) in [5, 5.41) is 21.0. The van der Waals surface area contributed by atoms with Crippen molar-refractivity contribution in [2.24, 2.45) is 40.4 Å². The number of hydrogen-bond acceptors (Lipinski definition) is 3. The molecule has 5 aliphatic rings. The molecule has 35 heavy (non-hydrogen) atoms. The van der Waals surface area contributed by atoms with E-state index in [1.165, 1.54) is 32.1 Å². The fourth-order valence-corrected chi connectivity index (χ4v) is 9.94. The molecule has 1 amide bonds. The van der Waals surface area contributed by atoms with Crippen LogP contribution in [0.25, 0.3) is 0 Å². The van der Waals surface area contributed by atoms with Crippen molar-refractivity contribution in [2.45, 2.75) is 123 Å². The maximum atomic E-state index is 13.1. The zero-order valence-corrected chi connectivity index (χ0v) is 22.9. The van der Waals surface area contributed by atoms with E-state index in [4.69, 9.17) is 0 Å². The van der Waals surface area contributed by atoms with Gasteiger partial charge in [-0.15, -0.1) is 0 Å². The van der Waals surface area contributed by atoms with E-state index in [9.17, 15) is 15.0 Å². The molecule has 5 rings (SSSR count). The van der Waals surface area contributed by atoms with Crippen molar-refractivity contribution in [1.29, 1.82) is 0 Å². The van der Waals surface area contributed by atoms with Gasteiger partial charge in [-0.1, -0.05) is 39.3 Å². The van der Waals surface area contributed by atoms with Crippen LogP contribution in [0.3, 0.4) is 0 Å². The fraction of sp³-hybridized carbons (Fsp3) is 0.903. The number of aliphatic hydroxyl groups excluding tert-OH is 1. The summed E-state index contributed by atoms with van der Waals surface area (Å²) in [6.45, 7) is 10.9. The quantitative estimate of drug-likeness (QED) is 0.462. The van der Waals surface area contributed by atoms with Gasteiger partial charge in [-0.2, -0.15) is 0 Å². The van der Waals surface area contributed by atoms with Gasteiger partial charge in [0.1, 0.15) is 0 Å². The molecule has 1 aliphatic heterocycles. The van der Waals surface area contributed by atoms with E-state index >= 15 is 0 Å². The average Bonchev–Trinajstić information content (AvgIpc) is 3.20. The van der Waals surface area contributed by atoms with Crippen LogP contribution in [0.5, 0.6) is 0 Å². The largest absolute Gasteiger partial charge is 0.393 e. The van der Waals surface area contributed by atoms with Crippen molar-refractivity contribution in [3.05, 3.63) is 11.6 Å². The molecule has 0 aromatic carbocycles. The molecular formula is C31H51NO3. The third-order valence-corrected chi connectivity index (χ3v) is 12.2. The van der Waals surface area contributed by atoms with Crippen LogP contribution in [0.2, 0.25) is 0 Å². The highest BCUT2D eigenvalue weighted by Gasteiger charge is 2.59. The standard InChI is InChI=1S/C31H51NO3/c1-5-31(35)15-6-18-32(20-31)28(34)12-7-21(2)25-10-11-26-24-9-8-22-19-23(33)13-16-29(22,3)27(24)14-17-30(25,26)4/h8,21,23-27,33,35H,5-7,9-20H2,1-4H3/t21?,23-,24-,25+,26-,27-,29-,30+,31?/m0/s1. The molecule has 0 bridgehead atoms. The zero-order valence-electron chi connectivity index (χ0n) is 22.9. The zero-order chi connectivity index (χ0) is 25.0. The first-order chi connectivity index (χ1) is 16.6. The number of allylic oxidation sites excluding steroid dienone is 1. The molecule has 4 heteroatoms. The molecule has 0 radical (unpaired) electrons. The highest BCUT2D eigenvalue weighted by molar-refractivity contribution is 5.76. The Labute approximate surface area is 213 Å². The van der Waals surface area contributed by atoms with Gasteiger partial charge in [-0.05, 0) is 117 Å². The lowest BCUT2D eigenvalue weighted by Crippen LogP contribution is -2.51. The number of carbonyl (C=O) groups excluding carboxylic acids is 1. The first-order valence-corrected chi connectivity index (χ1v) is 15.0. The van der Waals surface area contributed by atoms with Crippen LogP contribution in [0, 0.1) is 40.4 Å². The third-order valence-electron chi connectivity index (χ3n) is 12.2. The van der Waals surface area contributed by atoms with E-state index < -0.39 is 5.60 Å². The molecule has 2 N–H and O–H groups in total. The summed E-state index contributed by atoms with van der Waals surface area (Å²) < 4.78 is 0. The van der Waals surface area contributed by atoms with Crippen molar-refractivity contribution >= 4 is 5.91 Å². The lowest BCUT2D eigenvalue weighted by Gasteiger charge is -2.58. The summed E-state index contributed by atoms with van der Waals surface area (Å²) >= 11 is 0. The lowest BCUT2D eigenvalue weighted by atomic mass is 9.47. The van der Waals surface area contributed by atoms with Crippen molar-refractivity contribution in [2.75, 3.05) is 13.1 Å². The van der Waals surface area contributed by atoms with Gasteiger partial charge in [0, 0.05) is 19.5 Å². The average molecular weight is 486 g/mol. The number of rotatable bonds is 5. The maximum Gasteiger partial charge on any atom is 0.222 e. The minimum absolute atomic E-state index is 0.125. The van der Waals surface area contributed by atoms with Crippen molar-refractivity contribution in [1.82, 2.24) is 4.90 Å². The molecule has 198 valence electrons. The van der Waals surface area contributed by atoms with Gasteiger partial charge in [0.25, 0.3) is 0 Å². The number of amides is 1. The lowest BCUT2D eigenvalue weighted by molar-refractivity contribution is -0.139. The Balaban J connectivity index is 1.22. The van der Waals surface area contributed by atoms with Crippen LogP contribution in [-0.2, 0) is 4.79 Å². The molecule has 4 aliphatic carbocycles. The summed E-state index contributed by atoms with van der Waals surface area (Å²) in [4.78, 5) is 15.0. The number of aliphatic hydroxyl groups is 2. The Bertz CT molecular complexity index is 839. The minimum atomic E-state index is -0.675. The van der Waals surface area contributed by atoms with E-state index in [1.807, 2.05) is 11.8 Å². The van der Waals surface area contributed by atoms with Crippen LogP contribution in [-0.4, -0.2) is 45.8 Å². The van der Waals surface area contributed by atoms with Gasteiger partial charge in [-0.25, -0.2) is 0 Å². The Kier molecular flexibility index (Phi) is 6.96. The Morgan fingerprint density at radius 1 is 1.14 bits per heavy atom. The van der Waals surface area contributed by atoms with Gasteiger partial charge in [0.15, 0.2) is 0 Å². The topological polar surface area (TPSA) is 60.8 Å². The molecule has 9 atom stereocenters. The Morgan fingerprint density at radius 3 is 2.71 bits per heavy atom. The molecule has 0 aromatic rings. The molecule has 4 fully saturated rings. The van der Waals surface area contributed by atoms with Crippen LogP contribution in [0.15, 0.2) is 11.6 Å². The number of β-amino-alcohol motifs (C(OH)–C–C–N with tert-alkyl or cyclic N) is 1. The van der Waals surface area contributed by atoms with Crippen LogP contribution in [0.1, 0.15) is 111 Å². The Morgan fingerprint density at radius 2 is 1.94 bits per heavy atom. The van der Waals surface area contributed by atoms with Crippen LogP contribution in [0.4, 0.5) is 0 Å². The van der Waals surface area contributed by atoms with Crippen molar-refractivity contribution < 1.29 is 15.0 Å². The molecule has 0 aromatic heterocycles. The van der Waals surface area contributed by atoms with Gasteiger partial charge >= 0.3 is 0 Å². The first-order valence-electron chi connectivity index (χ1n) is 15.0. The van der Waals surface area contributed by atoms with Gasteiger partial charge in [-0.3, -0.25) is 4.79 Å². The second-order valence-corrected chi connectivity index (χ2v) is 13.9. The van der Waals surface area contributed by atoms with Gasteiger partial charge in [0.2, 0.25) is 5.91 Å². The highest BCUT2D eigenvalue weighted by atomic mass is 16.3. The molecule has 1 saturated heterocycles. The summed E-state index contributed by atoms with van der Waals surface area (Å²) in [6, 6.07) is 0. The second-order valence-electron chi connectivity index (χ2n) is 13.9. The van der Waals surface area contributed by atoms with E-state index in [2.05, 4.69) is 26.8 Å². The molecule has 1 heterocycles. The maximum absolute atomic E-state index is 13.1. The van der Waals surface area contributed by atoms with E-state index in [-0.39, 0.29) is 12.0 Å². The van der Waals surface area contributed by atoms with Gasteiger partial charge in [0.05, 0.1) is 11.7 Å². The van der Waals surface area contributed by atoms with Crippen molar-refractivity contribution in [3.63, 3.8) is 0 Å². The first kappa shape index (κ1) is 25.8. The van der Waals surface area contributed by atoms with Crippen LogP contribution >= 0.6 is 0 Å². The second kappa shape index (κ2) is 9.46. The minimum Gasteiger partial charge on any atom is -0.393 e. The van der Waals surface area contributed by atoms with Gasteiger partial charge < -0.3 is 15.1 Å². The number of likely N-dealkylation sites (tertiary alicyclic amines) is 1. The predicted molar refractivity (Wildman–Crippen MR) is 141 cm³/mol. The molecule has 3 saturated carbocycles. The number of nitrogens with zero attached hydrogens (tertiary/aromatic N) is 1. The summed E-state index contributed by atoms with van der Waals surface area (Å²) in [7, 11) is 0. The monoisotopic (exact) mass is 485 g/mol. The Hall–Kier alpha value is -0.870. The number of carbonyl (C=O) groups is 1. The smallest absolute Gasteiger partial charge is 0.222 e. The fourth-order valence-electron chi connectivity index (χ4n) is 9.94. The predicted octanol–water partition coefficient (Wildman–Crippen LogP) is 6.11. The molecule has 4 nitrogen and oxygen atoms in total. The summed E-state index contributed by atoms with van der Waals surface area (Å²) in [5.41, 5.74) is 1.61. The molecule has 0 spiro atoms. The van der Waals surface area contributed by atoms with E-state index in [0.717, 1.165) is 75.2 Å². The number of fused-ring (bicyclic) bond motifs is 5. The summed E-state index contributed by atoms with van der Waals surface area (Å²) in [6.07, 6.45) is 16.1. The number of piperidine rings is 1.